The number of aryl methyl sites for hydroxylation is 2. The van der Waals surface area contributed by atoms with E-state index < -0.39 is 0 Å². The number of hydrogen-bond donors (Lipinski definition) is 1. The van der Waals surface area contributed by atoms with E-state index in [-0.39, 0.29) is 12.5 Å². The number of benzene rings is 1. The lowest BCUT2D eigenvalue weighted by atomic mass is 9.99. The molecule has 6 heteroatoms. The van der Waals surface area contributed by atoms with Gasteiger partial charge in [0.25, 0.3) is 5.91 Å². The van der Waals surface area contributed by atoms with Crippen molar-refractivity contribution in [1.29, 1.82) is 0 Å². The first-order valence-electron chi connectivity index (χ1n) is 10.2. The summed E-state index contributed by atoms with van der Waals surface area (Å²) in [5, 5.41) is 3.53. The molecule has 2 heterocycles. The monoisotopic (exact) mass is 401 g/mol. The van der Waals surface area contributed by atoms with Gasteiger partial charge in [-0.2, -0.15) is 0 Å². The summed E-state index contributed by atoms with van der Waals surface area (Å²) in [7, 11) is 0. The number of likely N-dealkylation sites (tertiary alicyclic amines) is 1. The summed E-state index contributed by atoms with van der Waals surface area (Å²) in [5.41, 5.74) is 2.29. The van der Waals surface area contributed by atoms with Gasteiger partial charge in [0.05, 0.1) is 5.69 Å². The average molecular weight is 402 g/mol. The number of piperidine rings is 1. The van der Waals surface area contributed by atoms with E-state index in [9.17, 15) is 4.79 Å². The largest absolute Gasteiger partial charge is 0.484 e. The molecular weight excluding hydrogens is 370 g/mol. The number of nitrogens with one attached hydrogen (secondary N) is 1. The lowest BCUT2D eigenvalue weighted by Gasteiger charge is -2.29. The van der Waals surface area contributed by atoms with Gasteiger partial charge in [0, 0.05) is 11.4 Å². The number of amides is 1. The fraction of sp³-hybridized carbons (Fsp3) is 0.545. The first-order valence-corrected chi connectivity index (χ1v) is 11.1. The van der Waals surface area contributed by atoms with E-state index in [0.29, 0.717) is 10.9 Å². The first kappa shape index (κ1) is 20.8. The van der Waals surface area contributed by atoms with Crippen LogP contribution in [-0.4, -0.2) is 35.5 Å². The molecule has 0 aliphatic carbocycles. The molecule has 28 heavy (non-hydrogen) atoms. The van der Waals surface area contributed by atoms with E-state index in [1.54, 1.807) is 11.3 Å². The molecule has 1 aliphatic rings. The third-order valence-corrected chi connectivity index (χ3v) is 6.27. The SMILES string of the molecule is CCCc1ccc(OCC(=O)Nc2nc(C)c(CN3CCC(C)CC3)s2)cc1. The maximum Gasteiger partial charge on any atom is 0.264 e. The van der Waals surface area contributed by atoms with Gasteiger partial charge in [-0.25, -0.2) is 4.98 Å². The fourth-order valence-electron chi connectivity index (χ4n) is 3.40. The summed E-state index contributed by atoms with van der Waals surface area (Å²) in [6.07, 6.45) is 4.70. The molecule has 1 fully saturated rings. The lowest BCUT2D eigenvalue weighted by molar-refractivity contribution is -0.118. The number of thiazole rings is 1. The van der Waals surface area contributed by atoms with Crippen LogP contribution in [0.4, 0.5) is 5.13 Å². The lowest BCUT2D eigenvalue weighted by Crippen LogP contribution is -2.32. The number of rotatable bonds is 8. The van der Waals surface area contributed by atoms with Crippen LogP contribution in [0.1, 0.15) is 49.2 Å². The minimum absolute atomic E-state index is 0.00883. The standard InChI is InChI=1S/C22H31N3O2S/c1-4-5-18-6-8-19(9-7-18)27-15-21(26)24-22-23-17(3)20(28-22)14-25-12-10-16(2)11-13-25/h6-9,16H,4-5,10-15H2,1-3H3,(H,23,24,26). The van der Waals surface area contributed by atoms with Crippen LogP contribution in [0.3, 0.4) is 0 Å². The van der Waals surface area contributed by atoms with Crippen molar-refractivity contribution < 1.29 is 9.53 Å². The van der Waals surface area contributed by atoms with Crippen LogP contribution in [0.25, 0.3) is 0 Å². The number of hydrogen-bond acceptors (Lipinski definition) is 5. The number of aromatic nitrogens is 1. The predicted octanol–water partition coefficient (Wildman–Crippen LogP) is 4.65. The Hall–Kier alpha value is -1.92. The van der Waals surface area contributed by atoms with Gasteiger partial charge in [0.2, 0.25) is 0 Å². The van der Waals surface area contributed by atoms with Crippen molar-refractivity contribution in [3.05, 3.63) is 40.4 Å². The minimum Gasteiger partial charge on any atom is -0.484 e. The zero-order valence-corrected chi connectivity index (χ0v) is 18.0. The van der Waals surface area contributed by atoms with E-state index in [2.05, 4.69) is 41.2 Å². The van der Waals surface area contributed by atoms with Crippen molar-refractivity contribution in [2.75, 3.05) is 25.0 Å². The highest BCUT2D eigenvalue weighted by Crippen LogP contribution is 2.26. The molecule has 3 rings (SSSR count). The van der Waals surface area contributed by atoms with Crippen molar-refractivity contribution in [2.24, 2.45) is 5.92 Å². The van der Waals surface area contributed by atoms with Crippen LogP contribution in [0.2, 0.25) is 0 Å². The molecule has 0 bridgehead atoms. The Morgan fingerprint density at radius 2 is 2.00 bits per heavy atom. The van der Waals surface area contributed by atoms with E-state index in [0.717, 1.165) is 44.1 Å². The van der Waals surface area contributed by atoms with Crippen molar-refractivity contribution in [1.82, 2.24) is 9.88 Å². The molecule has 2 aromatic rings. The molecular formula is C22H31N3O2S. The fourth-order valence-corrected chi connectivity index (χ4v) is 4.42. The summed E-state index contributed by atoms with van der Waals surface area (Å²) in [6, 6.07) is 7.94. The molecule has 1 aromatic heterocycles. The van der Waals surface area contributed by atoms with Gasteiger partial charge in [-0.1, -0.05) is 32.4 Å². The Morgan fingerprint density at radius 1 is 1.29 bits per heavy atom. The third kappa shape index (κ3) is 6.04. The van der Waals surface area contributed by atoms with Gasteiger partial charge < -0.3 is 4.74 Å². The van der Waals surface area contributed by atoms with Gasteiger partial charge in [0.15, 0.2) is 11.7 Å². The number of anilines is 1. The smallest absolute Gasteiger partial charge is 0.264 e. The Kier molecular flexibility index (Phi) is 7.45. The van der Waals surface area contributed by atoms with E-state index in [1.165, 1.54) is 23.3 Å². The summed E-state index contributed by atoms with van der Waals surface area (Å²) in [4.78, 5) is 20.5. The molecule has 1 N–H and O–H groups in total. The van der Waals surface area contributed by atoms with Crippen LogP contribution >= 0.6 is 11.3 Å². The maximum absolute atomic E-state index is 12.2. The number of nitrogens with zero attached hydrogens (tertiary/aromatic N) is 2. The van der Waals surface area contributed by atoms with Gasteiger partial charge in [-0.3, -0.25) is 15.0 Å². The van der Waals surface area contributed by atoms with E-state index in [1.807, 2.05) is 19.1 Å². The molecule has 0 radical (unpaired) electrons. The summed E-state index contributed by atoms with van der Waals surface area (Å²) in [5.74, 6) is 1.37. The van der Waals surface area contributed by atoms with Crippen molar-refractivity contribution in [2.45, 2.75) is 53.0 Å². The zero-order chi connectivity index (χ0) is 19.9. The molecule has 1 aliphatic heterocycles. The zero-order valence-electron chi connectivity index (χ0n) is 17.2. The predicted molar refractivity (Wildman–Crippen MR) is 115 cm³/mol. The Morgan fingerprint density at radius 3 is 2.68 bits per heavy atom. The van der Waals surface area contributed by atoms with Crippen LogP contribution in [-0.2, 0) is 17.8 Å². The Balaban J connectivity index is 1.47. The average Bonchev–Trinajstić information content (AvgIpc) is 3.02. The van der Waals surface area contributed by atoms with Crippen LogP contribution in [0, 0.1) is 12.8 Å². The molecule has 152 valence electrons. The molecule has 1 aromatic carbocycles. The third-order valence-electron chi connectivity index (χ3n) is 5.21. The highest BCUT2D eigenvalue weighted by atomic mass is 32.1. The van der Waals surface area contributed by atoms with Crippen molar-refractivity contribution >= 4 is 22.4 Å². The highest BCUT2D eigenvalue weighted by Gasteiger charge is 2.18. The summed E-state index contributed by atoms with van der Waals surface area (Å²) >= 11 is 1.57. The maximum atomic E-state index is 12.2. The highest BCUT2D eigenvalue weighted by molar-refractivity contribution is 7.15. The second-order valence-electron chi connectivity index (χ2n) is 7.72. The molecule has 0 spiro atoms. The van der Waals surface area contributed by atoms with Gasteiger partial charge >= 0.3 is 0 Å². The van der Waals surface area contributed by atoms with E-state index in [4.69, 9.17) is 4.74 Å². The van der Waals surface area contributed by atoms with Crippen molar-refractivity contribution in [3.8, 4) is 5.75 Å². The van der Waals surface area contributed by atoms with Crippen LogP contribution < -0.4 is 10.1 Å². The topological polar surface area (TPSA) is 54.5 Å². The Labute approximate surface area is 172 Å². The number of ether oxygens (including phenoxy) is 1. The molecule has 0 atom stereocenters. The Bertz CT molecular complexity index is 765. The first-order chi connectivity index (χ1) is 13.5. The molecule has 0 saturated carbocycles. The summed E-state index contributed by atoms with van der Waals surface area (Å²) in [6.45, 7) is 9.70. The normalized spacial score (nSPS) is 15.5. The van der Waals surface area contributed by atoms with Crippen molar-refractivity contribution in [3.63, 3.8) is 0 Å². The minimum atomic E-state index is -0.176. The second-order valence-corrected chi connectivity index (χ2v) is 8.80. The molecule has 1 saturated heterocycles. The quantitative estimate of drug-likeness (QED) is 0.699. The molecule has 5 nitrogen and oxygen atoms in total. The number of carbonyl (C=O) groups excluding carboxylic acids is 1. The van der Waals surface area contributed by atoms with Gasteiger partial charge in [-0.15, -0.1) is 11.3 Å². The van der Waals surface area contributed by atoms with Crippen LogP contribution in [0.15, 0.2) is 24.3 Å². The van der Waals surface area contributed by atoms with Crippen LogP contribution in [0.5, 0.6) is 5.75 Å². The molecule has 1 amide bonds. The van der Waals surface area contributed by atoms with Gasteiger partial charge in [-0.05, 0) is 62.9 Å². The molecule has 0 unspecified atom stereocenters. The summed E-state index contributed by atoms with van der Waals surface area (Å²) < 4.78 is 5.60. The van der Waals surface area contributed by atoms with E-state index >= 15 is 0 Å². The second kappa shape index (κ2) is 10.0. The number of carbonyl (C=O) groups is 1. The van der Waals surface area contributed by atoms with Gasteiger partial charge in [0.1, 0.15) is 5.75 Å².